The Labute approximate surface area is 167 Å². The molecule has 0 aliphatic carbocycles. The van der Waals surface area contributed by atoms with Gasteiger partial charge < -0.3 is 10.4 Å². The Morgan fingerprint density at radius 1 is 1.21 bits per heavy atom. The van der Waals surface area contributed by atoms with Gasteiger partial charge in [0.25, 0.3) is 11.5 Å². The highest BCUT2D eigenvalue weighted by molar-refractivity contribution is 6.33. The van der Waals surface area contributed by atoms with Crippen molar-refractivity contribution in [3.63, 3.8) is 0 Å². The van der Waals surface area contributed by atoms with E-state index in [1.165, 1.54) is 14.1 Å². The predicted molar refractivity (Wildman–Crippen MR) is 108 cm³/mol. The molecule has 1 aromatic heterocycles. The fourth-order valence-corrected chi connectivity index (χ4v) is 2.54. The minimum atomic E-state index is -0.861. The number of aliphatic hydroxyl groups is 1. The highest BCUT2D eigenvalue weighted by Crippen LogP contribution is 2.26. The summed E-state index contributed by atoms with van der Waals surface area (Å²) in [7, 11) is 2.68. The summed E-state index contributed by atoms with van der Waals surface area (Å²) in [6, 6.07) is 5.16. The van der Waals surface area contributed by atoms with Gasteiger partial charge in [-0.2, -0.15) is 0 Å². The lowest BCUT2D eigenvalue weighted by Crippen LogP contribution is -2.43. The van der Waals surface area contributed by atoms with Gasteiger partial charge in [0.05, 0.1) is 23.9 Å². The topological polar surface area (TPSA) is 115 Å². The summed E-state index contributed by atoms with van der Waals surface area (Å²) in [6.45, 7) is 5.40. The van der Waals surface area contributed by atoms with Crippen molar-refractivity contribution >= 4 is 29.0 Å². The van der Waals surface area contributed by atoms with E-state index in [0.717, 1.165) is 14.7 Å². The van der Waals surface area contributed by atoms with Crippen LogP contribution in [0.5, 0.6) is 0 Å². The molecule has 1 amide bonds. The number of hydrogen-bond donors (Lipinski definition) is 3. The molecule has 0 fully saturated rings. The first-order chi connectivity index (χ1) is 13.3. The number of anilines is 2. The van der Waals surface area contributed by atoms with Crippen molar-refractivity contribution in [1.29, 1.82) is 0 Å². The van der Waals surface area contributed by atoms with E-state index >= 15 is 0 Å². The number of aryl methyl sites for hydroxylation is 1. The third-order valence-electron chi connectivity index (χ3n) is 3.63. The molecule has 0 spiro atoms. The molecule has 2 aromatic rings. The quantitative estimate of drug-likeness (QED) is 0.489. The van der Waals surface area contributed by atoms with E-state index in [9.17, 15) is 14.4 Å². The molecule has 0 atom stereocenters. The number of nitrogens with one attached hydrogen (secondary N) is 2. The Balaban J connectivity index is 0.00000190. The minimum Gasteiger partial charge on any atom is -0.394 e. The summed E-state index contributed by atoms with van der Waals surface area (Å²) < 4.78 is 1.93. The van der Waals surface area contributed by atoms with E-state index in [1.54, 1.807) is 18.2 Å². The van der Waals surface area contributed by atoms with Crippen molar-refractivity contribution < 1.29 is 14.7 Å². The second-order valence-corrected chi connectivity index (χ2v) is 5.95. The van der Waals surface area contributed by atoms with E-state index < -0.39 is 17.2 Å². The van der Waals surface area contributed by atoms with E-state index in [-0.39, 0.29) is 24.6 Å². The van der Waals surface area contributed by atoms with Crippen LogP contribution in [0.4, 0.5) is 11.5 Å². The molecule has 10 heteroatoms. The maximum atomic E-state index is 12.5. The molecule has 0 bridgehead atoms. The maximum absolute atomic E-state index is 12.5. The number of benzene rings is 1. The van der Waals surface area contributed by atoms with Crippen LogP contribution in [0.3, 0.4) is 0 Å². The predicted octanol–water partition coefficient (Wildman–Crippen LogP) is 1.47. The fourth-order valence-electron chi connectivity index (χ4n) is 2.26. The Kier molecular flexibility index (Phi) is 8.90. The lowest BCUT2D eigenvalue weighted by atomic mass is 10.2. The SMILES string of the molecule is CC.Cc1ccc(Nc2c(C(=O)NOCCO)c(=O)n(C)c(=O)n2C)c(Cl)c1. The highest BCUT2D eigenvalue weighted by Gasteiger charge is 2.23. The Hall–Kier alpha value is -2.62. The maximum Gasteiger partial charge on any atom is 0.332 e. The largest absolute Gasteiger partial charge is 0.394 e. The summed E-state index contributed by atoms with van der Waals surface area (Å²) in [5.41, 5.74) is 1.66. The van der Waals surface area contributed by atoms with Gasteiger partial charge in [0, 0.05) is 14.1 Å². The molecular weight excluding hydrogens is 388 g/mol. The standard InChI is InChI=1S/C16H19ClN4O5.C2H6/c1-9-4-5-11(10(17)8-9)18-13-12(14(23)19-26-7-6-22)15(24)21(3)16(25)20(13)2;1-2/h4-5,8,18,22H,6-7H2,1-3H3,(H,19,23);1-2H3. The monoisotopic (exact) mass is 412 g/mol. The number of nitrogens with zero attached hydrogens (tertiary/aromatic N) is 2. The molecular formula is C18H25ClN4O5. The molecule has 3 N–H and O–H groups in total. The van der Waals surface area contributed by atoms with Crippen LogP contribution in [0, 0.1) is 6.92 Å². The molecule has 0 saturated carbocycles. The first-order valence-corrected chi connectivity index (χ1v) is 9.02. The Morgan fingerprint density at radius 2 is 1.86 bits per heavy atom. The zero-order valence-corrected chi connectivity index (χ0v) is 17.3. The van der Waals surface area contributed by atoms with Crippen molar-refractivity contribution in [2.24, 2.45) is 14.1 Å². The molecule has 0 radical (unpaired) electrons. The average Bonchev–Trinajstić information content (AvgIpc) is 2.68. The van der Waals surface area contributed by atoms with Gasteiger partial charge in [-0.15, -0.1) is 0 Å². The molecule has 154 valence electrons. The smallest absolute Gasteiger partial charge is 0.332 e. The van der Waals surface area contributed by atoms with Gasteiger partial charge in [-0.25, -0.2) is 10.3 Å². The first kappa shape index (κ1) is 23.4. The molecule has 0 unspecified atom stereocenters. The van der Waals surface area contributed by atoms with Gasteiger partial charge in [0.15, 0.2) is 0 Å². The van der Waals surface area contributed by atoms with Gasteiger partial charge in [0.2, 0.25) is 0 Å². The molecule has 2 rings (SSSR count). The molecule has 9 nitrogen and oxygen atoms in total. The van der Waals surface area contributed by atoms with Gasteiger partial charge >= 0.3 is 5.69 Å². The Morgan fingerprint density at radius 3 is 2.43 bits per heavy atom. The van der Waals surface area contributed by atoms with Crippen molar-refractivity contribution in [2.45, 2.75) is 20.8 Å². The number of aliphatic hydroxyl groups excluding tert-OH is 1. The average molecular weight is 413 g/mol. The summed E-state index contributed by atoms with van der Waals surface area (Å²) in [6.07, 6.45) is 0. The second-order valence-electron chi connectivity index (χ2n) is 5.54. The molecule has 1 aromatic carbocycles. The second kappa shape index (κ2) is 10.6. The van der Waals surface area contributed by atoms with Crippen molar-refractivity contribution in [2.75, 3.05) is 18.5 Å². The lowest BCUT2D eigenvalue weighted by Gasteiger charge is -2.17. The lowest BCUT2D eigenvalue weighted by molar-refractivity contribution is 0.0167. The number of amides is 1. The zero-order chi connectivity index (χ0) is 21.4. The van der Waals surface area contributed by atoms with Crippen LogP contribution in [0.25, 0.3) is 0 Å². The van der Waals surface area contributed by atoms with Crippen molar-refractivity contribution in [1.82, 2.24) is 14.6 Å². The number of carbonyl (C=O) groups is 1. The van der Waals surface area contributed by atoms with Gasteiger partial charge in [-0.3, -0.25) is 23.6 Å². The molecule has 28 heavy (non-hydrogen) atoms. The molecule has 1 heterocycles. The van der Waals surface area contributed by atoms with Crippen LogP contribution in [-0.2, 0) is 18.9 Å². The Bertz CT molecular complexity index is 952. The fraction of sp³-hybridized carbons (Fsp3) is 0.389. The van der Waals surface area contributed by atoms with Crippen LogP contribution in [-0.4, -0.2) is 33.4 Å². The third-order valence-corrected chi connectivity index (χ3v) is 3.94. The summed E-state index contributed by atoms with van der Waals surface area (Å²) in [5.74, 6) is -0.894. The van der Waals surface area contributed by atoms with E-state index in [4.69, 9.17) is 21.5 Å². The van der Waals surface area contributed by atoms with Gasteiger partial charge in [-0.1, -0.05) is 31.5 Å². The summed E-state index contributed by atoms with van der Waals surface area (Å²) >= 11 is 6.19. The molecule has 0 aliphatic heterocycles. The number of hydrogen-bond acceptors (Lipinski definition) is 6. The van der Waals surface area contributed by atoms with Crippen molar-refractivity contribution in [3.05, 3.63) is 55.2 Å². The van der Waals surface area contributed by atoms with Crippen LogP contribution in [0.15, 0.2) is 27.8 Å². The number of aromatic nitrogens is 2. The van der Waals surface area contributed by atoms with Gasteiger partial charge in [-0.05, 0) is 24.6 Å². The first-order valence-electron chi connectivity index (χ1n) is 8.64. The molecule has 0 saturated heterocycles. The van der Waals surface area contributed by atoms with Crippen LogP contribution in [0.1, 0.15) is 29.8 Å². The van der Waals surface area contributed by atoms with E-state index in [2.05, 4.69) is 10.8 Å². The van der Waals surface area contributed by atoms with Crippen LogP contribution >= 0.6 is 11.6 Å². The number of halogens is 1. The van der Waals surface area contributed by atoms with E-state index in [0.29, 0.717) is 10.7 Å². The van der Waals surface area contributed by atoms with E-state index in [1.807, 2.05) is 20.8 Å². The minimum absolute atomic E-state index is 0.0334. The number of carbonyl (C=O) groups excluding carboxylic acids is 1. The van der Waals surface area contributed by atoms with Crippen molar-refractivity contribution in [3.8, 4) is 0 Å². The number of hydroxylamine groups is 1. The third kappa shape index (κ3) is 5.22. The number of rotatable bonds is 6. The van der Waals surface area contributed by atoms with Crippen LogP contribution in [0.2, 0.25) is 5.02 Å². The summed E-state index contributed by atoms with van der Waals surface area (Å²) in [4.78, 5) is 41.9. The summed E-state index contributed by atoms with van der Waals surface area (Å²) in [5, 5.41) is 11.9. The normalized spacial score (nSPS) is 10.1. The molecule has 0 aliphatic rings. The highest BCUT2D eigenvalue weighted by atomic mass is 35.5. The van der Waals surface area contributed by atoms with Crippen LogP contribution < -0.4 is 22.0 Å². The zero-order valence-electron chi connectivity index (χ0n) is 16.5. The van der Waals surface area contributed by atoms with Gasteiger partial charge in [0.1, 0.15) is 11.4 Å².